The molecule has 0 spiro atoms. The molecule has 2 rings (SSSR count). The van der Waals surface area contributed by atoms with Crippen LogP contribution in [0.5, 0.6) is 0 Å². The lowest BCUT2D eigenvalue weighted by atomic mass is 10.0. The molecule has 0 aromatic heterocycles. The summed E-state index contributed by atoms with van der Waals surface area (Å²) in [5.41, 5.74) is 1.30. The summed E-state index contributed by atoms with van der Waals surface area (Å²) in [6, 6.07) is 12.6. The van der Waals surface area contributed by atoms with Gasteiger partial charge in [-0.3, -0.25) is 9.27 Å². The van der Waals surface area contributed by atoms with Crippen LogP contribution < -0.4 is 4.72 Å². The largest absolute Gasteiger partial charge is 0.294 e. The number of rotatable bonds is 4. The van der Waals surface area contributed by atoms with Crippen LogP contribution in [-0.2, 0) is 20.1 Å². The second kappa shape index (κ2) is 5.47. The van der Waals surface area contributed by atoms with Crippen LogP contribution >= 0.6 is 0 Å². The van der Waals surface area contributed by atoms with E-state index in [2.05, 4.69) is 4.72 Å². The van der Waals surface area contributed by atoms with E-state index in [1.54, 1.807) is 30.3 Å². The average molecular weight is 327 g/mol. The maximum absolute atomic E-state index is 11.4. The normalized spacial score (nSPS) is 12.1. The molecule has 0 aliphatic heterocycles. The standard InChI is InChI=1S/C13H13NO5S2/c1-20(15,16)14-13-9-11(21(17,18)19)7-8-12(13)10-5-3-2-4-6-10/h2-9,14H,1H3,(H,17,18,19). The first-order chi connectivity index (χ1) is 9.67. The van der Waals surface area contributed by atoms with Gasteiger partial charge in [0.25, 0.3) is 10.1 Å². The van der Waals surface area contributed by atoms with E-state index in [4.69, 9.17) is 4.55 Å². The lowest BCUT2D eigenvalue weighted by Gasteiger charge is -2.12. The first-order valence-electron chi connectivity index (χ1n) is 5.81. The summed E-state index contributed by atoms with van der Waals surface area (Å²) in [5, 5.41) is 0. The highest BCUT2D eigenvalue weighted by Crippen LogP contribution is 2.30. The zero-order valence-corrected chi connectivity index (χ0v) is 12.6. The molecule has 0 fully saturated rings. The summed E-state index contributed by atoms with van der Waals surface area (Å²) in [7, 11) is -8.01. The zero-order valence-electron chi connectivity index (χ0n) is 11.0. The fraction of sp³-hybridized carbons (Fsp3) is 0.0769. The Morgan fingerprint density at radius 1 is 0.952 bits per heavy atom. The van der Waals surface area contributed by atoms with Crippen LogP contribution in [0.15, 0.2) is 53.4 Å². The van der Waals surface area contributed by atoms with Crippen molar-refractivity contribution in [3.63, 3.8) is 0 Å². The predicted octanol–water partition coefficient (Wildman–Crippen LogP) is 1.97. The van der Waals surface area contributed by atoms with Crippen molar-refractivity contribution in [1.82, 2.24) is 0 Å². The number of sulfonamides is 1. The quantitative estimate of drug-likeness (QED) is 0.836. The fourth-order valence-electron chi connectivity index (χ4n) is 1.84. The van der Waals surface area contributed by atoms with Crippen molar-refractivity contribution in [2.75, 3.05) is 11.0 Å². The minimum absolute atomic E-state index is 0.0822. The molecule has 0 bridgehead atoms. The van der Waals surface area contributed by atoms with E-state index in [0.29, 0.717) is 11.1 Å². The van der Waals surface area contributed by atoms with Gasteiger partial charge in [-0.25, -0.2) is 8.42 Å². The van der Waals surface area contributed by atoms with Gasteiger partial charge >= 0.3 is 0 Å². The first-order valence-corrected chi connectivity index (χ1v) is 9.15. The van der Waals surface area contributed by atoms with E-state index in [9.17, 15) is 16.8 Å². The summed E-state index contributed by atoms with van der Waals surface area (Å²) >= 11 is 0. The Kier molecular flexibility index (Phi) is 4.04. The minimum atomic E-state index is -4.41. The molecule has 0 atom stereocenters. The van der Waals surface area contributed by atoms with Crippen LogP contribution in [0, 0.1) is 0 Å². The third-order valence-electron chi connectivity index (χ3n) is 2.67. The van der Waals surface area contributed by atoms with Gasteiger partial charge in [0.1, 0.15) is 0 Å². The fourth-order valence-corrected chi connectivity index (χ4v) is 2.91. The van der Waals surface area contributed by atoms with E-state index >= 15 is 0 Å². The van der Waals surface area contributed by atoms with E-state index in [1.165, 1.54) is 12.1 Å². The Labute approximate surface area is 123 Å². The predicted molar refractivity (Wildman–Crippen MR) is 80.2 cm³/mol. The Hall–Kier alpha value is -1.90. The van der Waals surface area contributed by atoms with Crippen molar-refractivity contribution in [1.29, 1.82) is 0 Å². The molecule has 0 unspecified atom stereocenters. The molecule has 2 aromatic carbocycles. The van der Waals surface area contributed by atoms with Crippen LogP contribution in [0.3, 0.4) is 0 Å². The highest BCUT2D eigenvalue weighted by molar-refractivity contribution is 7.92. The number of nitrogens with one attached hydrogen (secondary N) is 1. The Bertz CT molecular complexity index is 859. The summed E-state index contributed by atoms with van der Waals surface area (Å²) in [4.78, 5) is -0.381. The number of hydrogen-bond acceptors (Lipinski definition) is 4. The minimum Gasteiger partial charge on any atom is -0.283 e. The molecule has 0 amide bonds. The topological polar surface area (TPSA) is 101 Å². The summed E-state index contributed by atoms with van der Waals surface area (Å²) < 4.78 is 56.5. The molecule has 0 aliphatic rings. The Morgan fingerprint density at radius 3 is 2.10 bits per heavy atom. The summed E-state index contributed by atoms with van der Waals surface area (Å²) in [5.74, 6) is 0. The van der Waals surface area contributed by atoms with Gasteiger partial charge < -0.3 is 0 Å². The van der Waals surface area contributed by atoms with Gasteiger partial charge in [-0.2, -0.15) is 8.42 Å². The van der Waals surface area contributed by atoms with Crippen molar-refractivity contribution >= 4 is 25.8 Å². The molecular formula is C13H13NO5S2. The van der Waals surface area contributed by atoms with E-state index in [0.717, 1.165) is 12.3 Å². The zero-order chi connectivity index (χ0) is 15.7. The van der Waals surface area contributed by atoms with Gasteiger partial charge in [0.15, 0.2) is 0 Å². The van der Waals surface area contributed by atoms with Crippen LogP contribution in [-0.4, -0.2) is 27.6 Å². The lowest BCUT2D eigenvalue weighted by molar-refractivity contribution is 0.483. The molecule has 2 aromatic rings. The first kappa shape index (κ1) is 15.5. The van der Waals surface area contributed by atoms with Crippen molar-refractivity contribution in [3.05, 3.63) is 48.5 Å². The van der Waals surface area contributed by atoms with E-state index < -0.39 is 20.1 Å². The molecule has 0 radical (unpaired) electrons. The van der Waals surface area contributed by atoms with Crippen LogP contribution in [0.1, 0.15) is 0 Å². The highest BCUT2D eigenvalue weighted by Gasteiger charge is 2.15. The average Bonchev–Trinajstić information content (AvgIpc) is 2.36. The molecular weight excluding hydrogens is 314 g/mol. The SMILES string of the molecule is CS(=O)(=O)Nc1cc(S(=O)(=O)O)ccc1-c1ccccc1. The maximum atomic E-state index is 11.4. The monoisotopic (exact) mass is 327 g/mol. The third-order valence-corrected chi connectivity index (χ3v) is 4.11. The van der Waals surface area contributed by atoms with Gasteiger partial charge in [-0.1, -0.05) is 36.4 Å². The molecule has 0 saturated carbocycles. The Balaban J connectivity index is 2.65. The van der Waals surface area contributed by atoms with Crippen LogP contribution in [0.25, 0.3) is 11.1 Å². The number of anilines is 1. The number of hydrogen-bond donors (Lipinski definition) is 2. The highest BCUT2D eigenvalue weighted by atomic mass is 32.2. The molecule has 0 heterocycles. The molecule has 8 heteroatoms. The van der Waals surface area contributed by atoms with Gasteiger partial charge in [0.05, 0.1) is 16.8 Å². The third kappa shape index (κ3) is 4.03. The van der Waals surface area contributed by atoms with Crippen molar-refractivity contribution < 1.29 is 21.4 Å². The van der Waals surface area contributed by atoms with E-state index in [1.807, 2.05) is 0 Å². The molecule has 0 aliphatic carbocycles. The smallest absolute Gasteiger partial charge is 0.283 e. The summed E-state index contributed by atoms with van der Waals surface area (Å²) in [6.07, 6.45) is 0.960. The van der Waals surface area contributed by atoms with Gasteiger partial charge in [0, 0.05) is 5.56 Å². The molecule has 21 heavy (non-hydrogen) atoms. The molecule has 6 nitrogen and oxygen atoms in total. The van der Waals surface area contributed by atoms with Crippen molar-refractivity contribution in [2.24, 2.45) is 0 Å². The molecule has 112 valence electrons. The van der Waals surface area contributed by atoms with Gasteiger partial charge in [-0.15, -0.1) is 0 Å². The van der Waals surface area contributed by atoms with Crippen LogP contribution in [0.2, 0.25) is 0 Å². The summed E-state index contributed by atoms with van der Waals surface area (Å²) in [6.45, 7) is 0. The lowest BCUT2D eigenvalue weighted by Crippen LogP contribution is -2.11. The molecule has 0 saturated heterocycles. The van der Waals surface area contributed by atoms with E-state index in [-0.39, 0.29) is 10.6 Å². The Morgan fingerprint density at radius 2 is 1.57 bits per heavy atom. The van der Waals surface area contributed by atoms with Crippen LogP contribution in [0.4, 0.5) is 5.69 Å². The van der Waals surface area contributed by atoms with Crippen molar-refractivity contribution in [2.45, 2.75) is 4.90 Å². The van der Waals surface area contributed by atoms with Gasteiger partial charge in [0.2, 0.25) is 10.0 Å². The second-order valence-corrected chi connectivity index (χ2v) is 7.59. The van der Waals surface area contributed by atoms with Crippen molar-refractivity contribution in [3.8, 4) is 11.1 Å². The van der Waals surface area contributed by atoms with Gasteiger partial charge in [-0.05, 0) is 17.7 Å². The second-order valence-electron chi connectivity index (χ2n) is 4.42. The maximum Gasteiger partial charge on any atom is 0.294 e. The molecule has 2 N–H and O–H groups in total. The number of benzene rings is 2.